The van der Waals surface area contributed by atoms with Crippen molar-refractivity contribution in [3.05, 3.63) is 22.3 Å². The van der Waals surface area contributed by atoms with Crippen molar-refractivity contribution < 1.29 is 4.21 Å². The third kappa shape index (κ3) is 4.75. The van der Waals surface area contributed by atoms with E-state index in [1.54, 1.807) is 6.26 Å². The largest absolute Gasteiger partial charge is 0.370 e. The zero-order valence-corrected chi connectivity index (χ0v) is 11.3. The van der Waals surface area contributed by atoms with Crippen molar-refractivity contribution in [3.63, 3.8) is 0 Å². The minimum atomic E-state index is -0.699. The quantitative estimate of drug-likeness (QED) is 0.847. The summed E-state index contributed by atoms with van der Waals surface area (Å²) in [5.74, 6) is 1.61. The first-order valence-electron chi connectivity index (χ1n) is 4.76. The van der Waals surface area contributed by atoms with E-state index >= 15 is 0 Å². The third-order valence-electron chi connectivity index (χ3n) is 1.94. The summed E-state index contributed by atoms with van der Waals surface area (Å²) in [5, 5.41) is 3.20. The van der Waals surface area contributed by atoms with Gasteiger partial charge in [0, 0.05) is 33.8 Å². The lowest BCUT2D eigenvalue weighted by Crippen LogP contribution is -2.07. The molecule has 1 rings (SSSR count). The Morgan fingerprint density at radius 3 is 2.87 bits per heavy atom. The number of hydrogen-bond donors (Lipinski definition) is 1. The van der Waals surface area contributed by atoms with Crippen LogP contribution < -0.4 is 5.32 Å². The highest BCUT2D eigenvalue weighted by Gasteiger charge is 1.98. The van der Waals surface area contributed by atoms with Crippen LogP contribution in [0.5, 0.6) is 0 Å². The Hall–Kier alpha value is -0.420. The molecule has 0 aliphatic rings. The van der Waals surface area contributed by atoms with Gasteiger partial charge in [-0.2, -0.15) is 0 Å². The van der Waals surface area contributed by atoms with Crippen LogP contribution in [0.1, 0.15) is 12.1 Å². The molecule has 1 aromatic rings. The van der Waals surface area contributed by atoms with E-state index in [0.717, 1.165) is 34.7 Å². The first-order valence-corrected chi connectivity index (χ1v) is 7.28. The number of nitrogens with one attached hydrogen (secondary N) is 1. The Morgan fingerprint density at radius 1 is 1.53 bits per heavy atom. The summed E-state index contributed by atoms with van der Waals surface area (Å²) in [6, 6.07) is 3.91. The predicted octanol–water partition coefficient (Wildman–Crippen LogP) is 2.33. The molecule has 0 radical (unpaired) electrons. The highest BCUT2D eigenvalue weighted by molar-refractivity contribution is 9.10. The fraction of sp³-hybridized carbons (Fsp3) is 0.500. The summed E-state index contributed by atoms with van der Waals surface area (Å²) in [6.45, 7) is 2.77. The average Bonchev–Trinajstić information content (AvgIpc) is 2.18. The summed E-state index contributed by atoms with van der Waals surface area (Å²) in [7, 11) is -0.699. The van der Waals surface area contributed by atoms with Crippen molar-refractivity contribution in [2.75, 3.05) is 23.9 Å². The lowest BCUT2D eigenvalue weighted by atomic mass is 10.3. The van der Waals surface area contributed by atoms with E-state index in [4.69, 9.17) is 0 Å². The summed E-state index contributed by atoms with van der Waals surface area (Å²) >= 11 is 3.40. The molecule has 1 heterocycles. The molecule has 1 N–H and O–H groups in total. The number of halogens is 1. The van der Waals surface area contributed by atoms with Crippen LogP contribution in [0.4, 0.5) is 5.82 Å². The van der Waals surface area contributed by atoms with Crippen LogP contribution >= 0.6 is 15.9 Å². The number of anilines is 1. The molecule has 5 heteroatoms. The second-order valence-corrected chi connectivity index (χ2v) is 5.73. The number of aromatic nitrogens is 1. The Labute approximate surface area is 101 Å². The molecule has 0 aliphatic heterocycles. The normalized spacial score (nSPS) is 12.5. The molecule has 0 aromatic carbocycles. The van der Waals surface area contributed by atoms with Crippen LogP contribution in [-0.4, -0.2) is 27.7 Å². The van der Waals surface area contributed by atoms with Crippen LogP contribution in [-0.2, 0) is 10.8 Å². The average molecular weight is 291 g/mol. The lowest BCUT2D eigenvalue weighted by Gasteiger charge is -2.06. The van der Waals surface area contributed by atoms with Gasteiger partial charge >= 0.3 is 0 Å². The van der Waals surface area contributed by atoms with Crippen LogP contribution in [0.15, 0.2) is 16.6 Å². The maximum Gasteiger partial charge on any atom is 0.126 e. The minimum Gasteiger partial charge on any atom is -0.370 e. The van der Waals surface area contributed by atoms with E-state index in [1.165, 1.54) is 0 Å². The number of aryl methyl sites for hydroxylation is 1. The third-order valence-corrected chi connectivity index (χ3v) is 3.64. The van der Waals surface area contributed by atoms with E-state index in [1.807, 2.05) is 19.1 Å². The number of pyridine rings is 1. The molecule has 0 amide bonds. The predicted molar refractivity (Wildman–Crippen MR) is 68.7 cm³/mol. The van der Waals surface area contributed by atoms with Gasteiger partial charge in [-0.1, -0.05) is 0 Å². The summed E-state index contributed by atoms with van der Waals surface area (Å²) in [4.78, 5) is 4.36. The first-order chi connectivity index (χ1) is 7.09. The molecule has 0 fully saturated rings. The molecule has 0 aliphatic carbocycles. The van der Waals surface area contributed by atoms with Gasteiger partial charge in [0.15, 0.2) is 0 Å². The molecule has 1 atom stereocenters. The lowest BCUT2D eigenvalue weighted by molar-refractivity contribution is 0.685. The number of hydrogen-bond acceptors (Lipinski definition) is 3. The maximum atomic E-state index is 10.8. The van der Waals surface area contributed by atoms with Gasteiger partial charge in [0.05, 0.1) is 5.69 Å². The highest BCUT2D eigenvalue weighted by Crippen LogP contribution is 2.15. The maximum absolute atomic E-state index is 10.8. The molecule has 0 spiro atoms. The molecule has 3 nitrogen and oxygen atoms in total. The second kappa shape index (κ2) is 6.23. The molecular formula is C10H15BrN2OS. The molecule has 1 aromatic heterocycles. The first kappa shape index (κ1) is 12.6. The summed E-state index contributed by atoms with van der Waals surface area (Å²) in [5.41, 5.74) is 0.971. The molecule has 84 valence electrons. The van der Waals surface area contributed by atoms with E-state index < -0.39 is 10.8 Å². The van der Waals surface area contributed by atoms with Crippen LogP contribution in [0.3, 0.4) is 0 Å². The molecule has 0 saturated carbocycles. The SMILES string of the molecule is Cc1nc(NCCCS(C)=O)ccc1Br. The monoisotopic (exact) mass is 290 g/mol. The van der Waals surface area contributed by atoms with Crippen molar-refractivity contribution in [1.82, 2.24) is 4.98 Å². The van der Waals surface area contributed by atoms with Gasteiger partial charge in [-0.15, -0.1) is 0 Å². The van der Waals surface area contributed by atoms with Crippen LogP contribution in [0.2, 0.25) is 0 Å². The van der Waals surface area contributed by atoms with Crippen molar-refractivity contribution in [3.8, 4) is 0 Å². The van der Waals surface area contributed by atoms with Crippen molar-refractivity contribution in [1.29, 1.82) is 0 Å². The van der Waals surface area contributed by atoms with Gasteiger partial charge in [-0.25, -0.2) is 4.98 Å². The molecule has 0 bridgehead atoms. The topological polar surface area (TPSA) is 42.0 Å². The van der Waals surface area contributed by atoms with E-state index in [9.17, 15) is 4.21 Å². The number of nitrogens with zero attached hydrogens (tertiary/aromatic N) is 1. The highest BCUT2D eigenvalue weighted by atomic mass is 79.9. The summed E-state index contributed by atoms with van der Waals surface area (Å²) in [6.07, 6.45) is 2.63. The Bertz CT molecular complexity index is 357. The van der Waals surface area contributed by atoms with Gasteiger partial charge in [0.1, 0.15) is 5.82 Å². The molecule has 1 unspecified atom stereocenters. The number of rotatable bonds is 5. The Morgan fingerprint density at radius 2 is 2.27 bits per heavy atom. The van der Waals surface area contributed by atoms with Gasteiger partial charge in [-0.3, -0.25) is 4.21 Å². The van der Waals surface area contributed by atoms with Crippen molar-refractivity contribution in [2.45, 2.75) is 13.3 Å². The van der Waals surface area contributed by atoms with Gasteiger partial charge in [-0.05, 0) is 41.4 Å². The van der Waals surface area contributed by atoms with Crippen LogP contribution in [0, 0.1) is 6.92 Å². The zero-order valence-electron chi connectivity index (χ0n) is 8.92. The summed E-state index contributed by atoms with van der Waals surface area (Å²) < 4.78 is 11.8. The zero-order chi connectivity index (χ0) is 11.3. The van der Waals surface area contributed by atoms with Crippen molar-refractivity contribution >= 4 is 32.5 Å². The fourth-order valence-corrected chi connectivity index (χ4v) is 1.91. The van der Waals surface area contributed by atoms with E-state index in [2.05, 4.69) is 26.2 Å². The van der Waals surface area contributed by atoms with Gasteiger partial charge < -0.3 is 5.32 Å². The van der Waals surface area contributed by atoms with Crippen LogP contribution in [0.25, 0.3) is 0 Å². The molecule has 0 saturated heterocycles. The second-order valence-electron chi connectivity index (χ2n) is 3.32. The molecular weight excluding hydrogens is 276 g/mol. The minimum absolute atomic E-state index is 0.699. The van der Waals surface area contributed by atoms with Crippen molar-refractivity contribution in [2.24, 2.45) is 0 Å². The van der Waals surface area contributed by atoms with E-state index in [0.29, 0.717) is 0 Å². The Kier molecular flexibility index (Phi) is 5.25. The molecule has 15 heavy (non-hydrogen) atoms. The fourth-order valence-electron chi connectivity index (χ4n) is 1.13. The van der Waals surface area contributed by atoms with Gasteiger partial charge in [0.2, 0.25) is 0 Å². The standard InChI is InChI=1S/C10H15BrN2OS/c1-8-9(11)4-5-10(13-8)12-6-3-7-15(2)14/h4-5H,3,6-7H2,1-2H3,(H,12,13). The Balaban J connectivity index is 2.38. The van der Waals surface area contributed by atoms with Gasteiger partial charge in [0.25, 0.3) is 0 Å². The van der Waals surface area contributed by atoms with E-state index in [-0.39, 0.29) is 0 Å². The smallest absolute Gasteiger partial charge is 0.126 e.